The van der Waals surface area contributed by atoms with E-state index >= 15 is 0 Å². The summed E-state index contributed by atoms with van der Waals surface area (Å²) in [7, 11) is 0. The van der Waals surface area contributed by atoms with E-state index in [1.807, 2.05) is 60.7 Å². The highest BCUT2D eigenvalue weighted by atomic mass is 16.6. The van der Waals surface area contributed by atoms with E-state index in [-0.39, 0.29) is 29.5 Å². The number of rotatable bonds is 7. The van der Waals surface area contributed by atoms with E-state index in [2.05, 4.69) is 0 Å². The summed E-state index contributed by atoms with van der Waals surface area (Å²) in [4.78, 5) is 25.6. The van der Waals surface area contributed by atoms with Crippen molar-refractivity contribution in [1.82, 2.24) is 0 Å². The lowest BCUT2D eigenvalue weighted by Gasteiger charge is -2.23. The van der Waals surface area contributed by atoms with Crippen molar-refractivity contribution in [3.8, 4) is 0 Å². The van der Waals surface area contributed by atoms with E-state index < -0.39 is 12.1 Å². The van der Waals surface area contributed by atoms with Gasteiger partial charge in [-0.25, -0.2) is 4.79 Å². The first-order valence-electron chi connectivity index (χ1n) is 10.9. The van der Waals surface area contributed by atoms with Gasteiger partial charge < -0.3 is 9.84 Å². The Morgan fingerprint density at radius 2 is 1.50 bits per heavy atom. The minimum atomic E-state index is -0.682. The summed E-state index contributed by atoms with van der Waals surface area (Å²) in [5.74, 6) is -0.963. The smallest absolute Gasteiger partial charge is 0.346 e. The molecule has 1 N–H and O–H groups in total. The number of benzene rings is 2. The van der Waals surface area contributed by atoms with Crippen LogP contribution in [-0.2, 0) is 14.3 Å². The number of carbonyl (C=O) groups excluding carboxylic acids is 2. The molecule has 1 heterocycles. The number of hydrogen-bond donors (Lipinski definition) is 1. The van der Waals surface area contributed by atoms with E-state index in [4.69, 9.17) is 4.74 Å². The molecule has 1 saturated carbocycles. The summed E-state index contributed by atoms with van der Waals surface area (Å²) in [5, 5.41) is 10.7. The molecule has 1 fully saturated rings. The van der Waals surface area contributed by atoms with Crippen molar-refractivity contribution in [2.24, 2.45) is 5.92 Å². The van der Waals surface area contributed by atoms with Gasteiger partial charge in [0.2, 0.25) is 0 Å². The van der Waals surface area contributed by atoms with Crippen molar-refractivity contribution >= 4 is 11.8 Å². The first-order chi connectivity index (χ1) is 14.6. The van der Waals surface area contributed by atoms with Crippen LogP contribution in [0.25, 0.3) is 0 Å². The molecular formula is C26H28O4. The molecule has 4 heteroatoms. The first kappa shape index (κ1) is 20.4. The maximum atomic E-state index is 13.1. The highest BCUT2D eigenvalue weighted by Crippen LogP contribution is 2.35. The van der Waals surface area contributed by atoms with Crippen molar-refractivity contribution in [1.29, 1.82) is 0 Å². The Labute approximate surface area is 177 Å². The van der Waals surface area contributed by atoms with Gasteiger partial charge in [-0.15, -0.1) is 0 Å². The van der Waals surface area contributed by atoms with Crippen LogP contribution in [0.1, 0.15) is 62.0 Å². The van der Waals surface area contributed by atoms with Gasteiger partial charge in [0.05, 0.1) is 0 Å². The zero-order valence-corrected chi connectivity index (χ0v) is 17.1. The number of Topliss-reactive ketones (excluding diaryl/α,β-unsaturated/α-hetero) is 1. The Morgan fingerprint density at radius 1 is 0.933 bits per heavy atom. The predicted octanol–water partition coefficient (Wildman–Crippen LogP) is 5.49. The van der Waals surface area contributed by atoms with Gasteiger partial charge in [-0.2, -0.15) is 0 Å². The summed E-state index contributed by atoms with van der Waals surface area (Å²) in [6.07, 6.45) is 5.82. The van der Waals surface area contributed by atoms with Gasteiger partial charge in [-0.3, -0.25) is 4.79 Å². The fourth-order valence-corrected chi connectivity index (χ4v) is 4.74. The molecule has 30 heavy (non-hydrogen) atoms. The molecule has 156 valence electrons. The number of cyclic esters (lactones) is 1. The van der Waals surface area contributed by atoms with Crippen LogP contribution in [0.4, 0.5) is 0 Å². The van der Waals surface area contributed by atoms with Crippen LogP contribution in [0.2, 0.25) is 0 Å². The van der Waals surface area contributed by atoms with E-state index in [1.165, 1.54) is 19.3 Å². The topological polar surface area (TPSA) is 63.6 Å². The lowest BCUT2D eigenvalue weighted by Crippen LogP contribution is -2.18. The molecule has 4 nitrogen and oxygen atoms in total. The Hall–Kier alpha value is -2.88. The quantitative estimate of drug-likeness (QED) is 0.490. The maximum absolute atomic E-state index is 13.1. The number of carbonyl (C=O) groups is 2. The molecule has 1 aliphatic carbocycles. The summed E-state index contributed by atoms with van der Waals surface area (Å²) in [5.41, 5.74) is 1.84. The second-order valence-electron chi connectivity index (χ2n) is 8.40. The van der Waals surface area contributed by atoms with E-state index in [9.17, 15) is 14.7 Å². The zero-order chi connectivity index (χ0) is 20.9. The third kappa shape index (κ3) is 4.48. The monoisotopic (exact) mass is 404 g/mol. The summed E-state index contributed by atoms with van der Waals surface area (Å²) < 4.78 is 5.42. The Morgan fingerprint density at radius 3 is 2.07 bits per heavy atom. The van der Waals surface area contributed by atoms with Gasteiger partial charge in [0.1, 0.15) is 5.57 Å². The molecule has 2 aliphatic rings. The van der Waals surface area contributed by atoms with E-state index in [1.54, 1.807) is 0 Å². The van der Waals surface area contributed by atoms with Crippen LogP contribution in [0.15, 0.2) is 72.0 Å². The van der Waals surface area contributed by atoms with Gasteiger partial charge in [0, 0.05) is 12.3 Å². The molecule has 4 rings (SSSR count). The van der Waals surface area contributed by atoms with Crippen molar-refractivity contribution in [2.45, 2.75) is 57.0 Å². The molecule has 0 bridgehead atoms. The second kappa shape index (κ2) is 9.29. The lowest BCUT2D eigenvalue weighted by atomic mass is 9.84. The molecule has 2 aromatic carbocycles. The van der Waals surface area contributed by atoms with Crippen molar-refractivity contribution < 1.29 is 19.4 Å². The molecule has 1 atom stereocenters. The normalized spacial score (nSPS) is 19.9. The largest absolute Gasteiger partial charge is 0.507 e. The minimum absolute atomic E-state index is 0.110. The molecule has 1 unspecified atom stereocenters. The highest BCUT2D eigenvalue weighted by molar-refractivity contribution is 6.19. The SMILES string of the molecule is O=C(CC(c1ccccc1)c1ccccc1)C1=C(O)C(CC2CCCCC2)OC1=O. The van der Waals surface area contributed by atoms with Crippen LogP contribution < -0.4 is 0 Å². The second-order valence-corrected chi connectivity index (χ2v) is 8.40. The molecule has 0 spiro atoms. The molecule has 0 aromatic heterocycles. The Kier molecular flexibility index (Phi) is 6.32. The zero-order valence-electron chi connectivity index (χ0n) is 17.1. The maximum Gasteiger partial charge on any atom is 0.346 e. The number of hydrogen-bond acceptors (Lipinski definition) is 4. The number of aliphatic hydroxyl groups is 1. The molecule has 2 aromatic rings. The fourth-order valence-electron chi connectivity index (χ4n) is 4.74. The third-order valence-corrected chi connectivity index (χ3v) is 6.36. The van der Waals surface area contributed by atoms with Crippen molar-refractivity contribution in [3.05, 3.63) is 83.1 Å². The van der Waals surface area contributed by atoms with Crippen molar-refractivity contribution in [3.63, 3.8) is 0 Å². The van der Waals surface area contributed by atoms with Crippen LogP contribution in [-0.4, -0.2) is 23.0 Å². The van der Waals surface area contributed by atoms with Gasteiger partial charge in [0.25, 0.3) is 0 Å². The highest BCUT2D eigenvalue weighted by Gasteiger charge is 2.40. The molecular weight excluding hydrogens is 376 g/mol. The number of ketones is 1. The fraction of sp³-hybridized carbons (Fsp3) is 0.385. The first-order valence-corrected chi connectivity index (χ1v) is 10.9. The Balaban J connectivity index is 1.55. The minimum Gasteiger partial charge on any atom is -0.507 e. The standard InChI is InChI=1S/C26H28O4/c27-22(17-21(19-12-6-2-7-13-19)20-14-8-3-9-15-20)24-25(28)23(30-26(24)29)16-18-10-4-1-5-11-18/h2-3,6-9,12-15,18,21,23,28H,1,4-5,10-11,16-17H2. The van der Waals surface area contributed by atoms with Gasteiger partial charge >= 0.3 is 5.97 Å². The number of ether oxygens (including phenoxy) is 1. The van der Waals surface area contributed by atoms with Crippen LogP contribution in [0.5, 0.6) is 0 Å². The van der Waals surface area contributed by atoms with Crippen molar-refractivity contribution in [2.75, 3.05) is 0 Å². The molecule has 0 radical (unpaired) electrons. The molecule has 0 saturated heterocycles. The average molecular weight is 405 g/mol. The van der Waals surface area contributed by atoms with Crippen LogP contribution in [0.3, 0.4) is 0 Å². The molecule has 0 amide bonds. The lowest BCUT2D eigenvalue weighted by molar-refractivity contribution is -0.141. The van der Waals surface area contributed by atoms with E-state index in [0.717, 1.165) is 24.0 Å². The number of esters is 1. The summed E-state index contributed by atoms with van der Waals surface area (Å²) >= 11 is 0. The Bertz CT molecular complexity index is 871. The average Bonchev–Trinajstić information content (AvgIpc) is 3.06. The third-order valence-electron chi connectivity index (χ3n) is 6.36. The van der Waals surface area contributed by atoms with Crippen LogP contribution >= 0.6 is 0 Å². The van der Waals surface area contributed by atoms with Gasteiger partial charge in [-0.1, -0.05) is 92.8 Å². The predicted molar refractivity (Wildman–Crippen MR) is 115 cm³/mol. The van der Waals surface area contributed by atoms with Gasteiger partial charge in [-0.05, 0) is 23.5 Å². The van der Waals surface area contributed by atoms with Gasteiger partial charge in [0.15, 0.2) is 17.6 Å². The summed E-state index contributed by atoms with van der Waals surface area (Å²) in [6, 6.07) is 19.6. The van der Waals surface area contributed by atoms with E-state index in [0.29, 0.717) is 12.3 Å². The molecule has 1 aliphatic heterocycles. The number of aliphatic hydroxyl groups excluding tert-OH is 1. The van der Waals surface area contributed by atoms with Crippen LogP contribution in [0, 0.1) is 5.92 Å². The summed E-state index contributed by atoms with van der Waals surface area (Å²) in [6.45, 7) is 0.